The Morgan fingerprint density at radius 1 is 1.17 bits per heavy atom. The molecule has 0 unspecified atom stereocenters. The highest BCUT2D eigenvalue weighted by Crippen LogP contribution is 2.26. The summed E-state index contributed by atoms with van der Waals surface area (Å²) in [5.74, 6) is 0.239. The van der Waals surface area contributed by atoms with Crippen LogP contribution in [0.15, 0.2) is 55.1 Å². The first-order chi connectivity index (χ1) is 14.1. The van der Waals surface area contributed by atoms with Crippen LogP contribution in [0.3, 0.4) is 0 Å². The van der Waals surface area contributed by atoms with Crippen LogP contribution in [-0.2, 0) is 28.7 Å². The number of benzene rings is 2. The van der Waals surface area contributed by atoms with Gasteiger partial charge in [0.05, 0.1) is 18.0 Å². The lowest BCUT2D eigenvalue weighted by atomic mass is 9.83. The van der Waals surface area contributed by atoms with Crippen molar-refractivity contribution in [2.45, 2.75) is 32.2 Å². The molecule has 0 amide bonds. The number of aromatic nitrogens is 3. The first-order valence-electron chi connectivity index (χ1n) is 9.01. The van der Waals surface area contributed by atoms with Gasteiger partial charge in [0.1, 0.15) is 18.4 Å². The Balaban J connectivity index is 1.83. The molecule has 0 aliphatic carbocycles. The average molecular weight is 427 g/mol. The quantitative estimate of drug-likeness (QED) is 0.417. The van der Waals surface area contributed by atoms with E-state index in [0.29, 0.717) is 13.0 Å². The molecule has 3 aromatic rings. The molecule has 0 bridgehead atoms. The third-order valence-corrected chi connectivity index (χ3v) is 4.76. The smallest absolute Gasteiger partial charge is 0.364 e. The summed E-state index contributed by atoms with van der Waals surface area (Å²) in [5, 5.41) is 13.7. The Bertz CT molecular complexity index is 1150. The second kappa shape index (κ2) is 8.62. The van der Waals surface area contributed by atoms with Crippen molar-refractivity contribution in [2.75, 3.05) is 0 Å². The number of hydrogen-bond donors (Lipinski definition) is 2. The molecule has 0 saturated carbocycles. The van der Waals surface area contributed by atoms with Crippen molar-refractivity contribution in [2.24, 2.45) is 0 Å². The van der Waals surface area contributed by atoms with Crippen LogP contribution >= 0.6 is 0 Å². The minimum atomic E-state index is -4.44. The van der Waals surface area contributed by atoms with Gasteiger partial charge in [0, 0.05) is 0 Å². The van der Waals surface area contributed by atoms with Crippen molar-refractivity contribution < 1.29 is 17.8 Å². The maximum atomic E-state index is 10.7. The first kappa shape index (κ1) is 21.4. The maximum Gasteiger partial charge on any atom is 0.364 e. The molecule has 0 aliphatic rings. The van der Waals surface area contributed by atoms with E-state index >= 15 is 0 Å². The summed E-state index contributed by atoms with van der Waals surface area (Å²) in [4.78, 5) is 10.3. The van der Waals surface area contributed by atoms with Crippen molar-refractivity contribution in [3.63, 3.8) is 0 Å². The normalized spacial score (nSPS) is 11.8. The minimum Gasteiger partial charge on any atom is -0.392 e. The standard InChI is InChI=1S/C20H21N5O4S/c1-20(2,12-21)18-9-16(8-17(10-18)11-25-14-22-13-23-25)7-15-3-5-19(6-4-15)29-24-30(26,27)28/h3-6,8-10,13-14,24H,7,11H2,1-2H3,(H,26,27,28). The number of nitrogens with one attached hydrogen (secondary N) is 1. The van der Waals surface area contributed by atoms with E-state index in [2.05, 4.69) is 22.2 Å². The molecule has 156 valence electrons. The van der Waals surface area contributed by atoms with Gasteiger partial charge >= 0.3 is 10.3 Å². The van der Waals surface area contributed by atoms with Crippen molar-refractivity contribution in [3.8, 4) is 11.8 Å². The van der Waals surface area contributed by atoms with Gasteiger partial charge in [0.15, 0.2) is 0 Å². The lowest BCUT2D eigenvalue weighted by Gasteiger charge is -2.19. The Hall–Kier alpha value is -3.26. The summed E-state index contributed by atoms with van der Waals surface area (Å²) in [6, 6.07) is 15.2. The van der Waals surface area contributed by atoms with Crippen LogP contribution in [0.4, 0.5) is 0 Å². The SMILES string of the molecule is CC(C)(C#N)c1cc(Cc2ccc(ONS(=O)(=O)O)cc2)cc(Cn2cncn2)c1. The predicted molar refractivity (Wildman–Crippen MR) is 109 cm³/mol. The molecule has 1 aromatic heterocycles. The zero-order chi connectivity index (χ0) is 21.8. The van der Waals surface area contributed by atoms with Gasteiger partial charge in [-0.2, -0.15) is 18.8 Å². The fourth-order valence-electron chi connectivity index (χ4n) is 2.89. The van der Waals surface area contributed by atoms with Crippen molar-refractivity contribution >= 4 is 10.3 Å². The zero-order valence-corrected chi connectivity index (χ0v) is 17.3. The van der Waals surface area contributed by atoms with Crippen molar-refractivity contribution in [1.82, 2.24) is 19.6 Å². The van der Waals surface area contributed by atoms with Gasteiger partial charge < -0.3 is 4.84 Å². The van der Waals surface area contributed by atoms with E-state index < -0.39 is 15.7 Å². The van der Waals surface area contributed by atoms with Crippen LogP contribution in [0.2, 0.25) is 0 Å². The first-order valence-corrected chi connectivity index (χ1v) is 10.5. The van der Waals surface area contributed by atoms with Gasteiger partial charge in [-0.1, -0.05) is 30.3 Å². The zero-order valence-electron chi connectivity index (χ0n) is 16.5. The van der Waals surface area contributed by atoms with E-state index in [1.165, 1.54) is 6.33 Å². The van der Waals surface area contributed by atoms with E-state index in [1.807, 2.05) is 26.0 Å². The fraction of sp³-hybridized carbons (Fsp3) is 0.250. The molecular weight excluding hydrogens is 406 g/mol. The summed E-state index contributed by atoms with van der Waals surface area (Å²) in [6.45, 7) is 4.29. The minimum absolute atomic E-state index is 0.239. The van der Waals surface area contributed by atoms with Crippen LogP contribution in [0.25, 0.3) is 0 Å². The lowest BCUT2D eigenvalue weighted by molar-refractivity contribution is 0.251. The van der Waals surface area contributed by atoms with Crippen molar-refractivity contribution in [1.29, 1.82) is 5.26 Å². The number of hydrogen-bond acceptors (Lipinski definition) is 6. The van der Waals surface area contributed by atoms with Crippen LogP contribution in [0.5, 0.6) is 5.75 Å². The summed E-state index contributed by atoms with van der Waals surface area (Å²) in [5.41, 5.74) is 3.26. The maximum absolute atomic E-state index is 10.7. The second-order valence-corrected chi connectivity index (χ2v) is 8.47. The molecule has 0 spiro atoms. The second-order valence-electron chi connectivity index (χ2n) is 7.35. The molecule has 0 radical (unpaired) electrons. The van der Waals surface area contributed by atoms with E-state index in [1.54, 1.807) is 40.2 Å². The van der Waals surface area contributed by atoms with Crippen LogP contribution in [-0.4, -0.2) is 27.7 Å². The Kier molecular flexibility index (Phi) is 6.17. The number of rotatable bonds is 8. The van der Waals surface area contributed by atoms with Gasteiger partial charge in [0.2, 0.25) is 0 Å². The average Bonchev–Trinajstić information content (AvgIpc) is 3.19. The Morgan fingerprint density at radius 2 is 1.87 bits per heavy atom. The number of nitriles is 1. The van der Waals surface area contributed by atoms with Gasteiger partial charge in [0.25, 0.3) is 0 Å². The predicted octanol–water partition coefficient (Wildman–Crippen LogP) is 2.40. The third-order valence-electron chi connectivity index (χ3n) is 4.46. The highest BCUT2D eigenvalue weighted by molar-refractivity contribution is 7.83. The fourth-order valence-corrected chi connectivity index (χ4v) is 3.10. The Morgan fingerprint density at radius 3 is 2.47 bits per heavy atom. The topological polar surface area (TPSA) is 130 Å². The lowest BCUT2D eigenvalue weighted by Crippen LogP contribution is -2.26. The molecule has 3 rings (SSSR count). The molecule has 0 aliphatic heterocycles. The summed E-state index contributed by atoms with van der Waals surface area (Å²) >= 11 is 0. The molecule has 1 heterocycles. The van der Waals surface area contributed by atoms with Crippen LogP contribution < -0.4 is 9.72 Å². The molecule has 0 saturated heterocycles. The molecule has 30 heavy (non-hydrogen) atoms. The highest BCUT2D eigenvalue weighted by atomic mass is 32.2. The molecule has 0 fully saturated rings. The molecular formula is C20H21N5O4S. The van der Waals surface area contributed by atoms with Crippen LogP contribution in [0.1, 0.15) is 36.1 Å². The van der Waals surface area contributed by atoms with Gasteiger partial charge in [-0.25, -0.2) is 9.67 Å². The van der Waals surface area contributed by atoms with E-state index in [9.17, 15) is 13.7 Å². The van der Waals surface area contributed by atoms with Gasteiger partial charge in [-0.15, -0.1) is 0 Å². The van der Waals surface area contributed by atoms with Crippen LogP contribution in [0, 0.1) is 11.3 Å². The third kappa shape index (κ3) is 5.87. The van der Waals surface area contributed by atoms with E-state index in [4.69, 9.17) is 9.39 Å². The van der Waals surface area contributed by atoms with Gasteiger partial charge in [-0.05, 0) is 59.5 Å². The monoisotopic (exact) mass is 427 g/mol. The largest absolute Gasteiger partial charge is 0.392 e. The van der Waals surface area contributed by atoms with Crippen molar-refractivity contribution in [3.05, 3.63) is 77.4 Å². The molecule has 2 aromatic carbocycles. The molecule has 10 heteroatoms. The molecule has 0 atom stereocenters. The summed E-state index contributed by atoms with van der Waals surface area (Å²) in [7, 11) is -4.44. The number of nitrogens with zero attached hydrogens (tertiary/aromatic N) is 4. The van der Waals surface area contributed by atoms with E-state index in [-0.39, 0.29) is 5.75 Å². The van der Waals surface area contributed by atoms with Gasteiger partial charge in [-0.3, -0.25) is 4.55 Å². The molecule has 9 nitrogen and oxygen atoms in total. The van der Waals surface area contributed by atoms with E-state index in [0.717, 1.165) is 22.3 Å². The summed E-state index contributed by atoms with van der Waals surface area (Å²) < 4.78 is 31.7. The highest BCUT2D eigenvalue weighted by Gasteiger charge is 2.21. The Labute approximate surface area is 174 Å². The molecule has 2 N–H and O–H groups in total. The summed E-state index contributed by atoms with van der Waals surface area (Å²) in [6.07, 6.45) is 3.72.